The summed E-state index contributed by atoms with van der Waals surface area (Å²) in [6.45, 7) is 3.84. The maximum atomic E-state index is 13.2. The van der Waals surface area contributed by atoms with Gasteiger partial charge < -0.3 is 5.32 Å². The molecule has 0 atom stereocenters. The van der Waals surface area contributed by atoms with Crippen LogP contribution in [-0.4, -0.2) is 27.4 Å². The molecular formula is C18H20Cl2N2O3S. The van der Waals surface area contributed by atoms with E-state index in [-0.39, 0.29) is 20.6 Å². The van der Waals surface area contributed by atoms with Crippen molar-refractivity contribution in [2.24, 2.45) is 0 Å². The summed E-state index contributed by atoms with van der Waals surface area (Å²) < 4.78 is 27.3. The largest absolute Gasteiger partial charge is 0.355 e. The number of carbonyl (C=O) groups is 1. The molecule has 5 nitrogen and oxygen atoms in total. The van der Waals surface area contributed by atoms with Crippen LogP contribution in [0.25, 0.3) is 0 Å². The Morgan fingerprint density at radius 2 is 1.77 bits per heavy atom. The van der Waals surface area contributed by atoms with Crippen LogP contribution < -0.4 is 9.62 Å². The lowest BCUT2D eigenvalue weighted by Crippen LogP contribution is -2.41. The molecule has 26 heavy (non-hydrogen) atoms. The van der Waals surface area contributed by atoms with Crippen molar-refractivity contribution in [1.82, 2.24) is 5.32 Å². The number of nitrogens with one attached hydrogen (secondary N) is 1. The molecule has 0 spiro atoms. The zero-order valence-electron chi connectivity index (χ0n) is 14.5. The van der Waals surface area contributed by atoms with Crippen molar-refractivity contribution in [3.63, 3.8) is 0 Å². The minimum atomic E-state index is -4.00. The lowest BCUT2D eigenvalue weighted by Gasteiger charge is -2.25. The Morgan fingerprint density at radius 3 is 2.38 bits per heavy atom. The summed E-state index contributed by atoms with van der Waals surface area (Å²) >= 11 is 12.3. The van der Waals surface area contributed by atoms with Crippen molar-refractivity contribution < 1.29 is 13.2 Å². The predicted molar refractivity (Wildman–Crippen MR) is 105 cm³/mol. The molecule has 140 valence electrons. The monoisotopic (exact) mass is 414 g/mol. The molecule has 0 saturated carbocycles. The molecule has 1 amide bonds. The van der Waals surface area contributed by atoms with Gasteiger partial charge in [0.2, 0.25) is 5.91 Å². The highest BCUT2D eigenvalue weighted by molar-refractivity contribution is 7.92. The molecule has 8 heteroatoms. The van der Waals surface area contributed by atoms with Gasteiger partial charge in [-0.15, -0.1) is 0 Å². The summed E-state index contributed by atoms with van der Waals surface area (Å²) in [7, 11) is -4.00. The fraction of sp³-hybridized carbons (Fsp3) is 0.278. The maximum Gasteiger partial charge on any atom is 0.264 e. The van der Waals surface area contributed by atoms with Gasteiger partial charge in [0, 0.05) is 6.54 Å². The minimum absolute atomic E-state index is 0.0717. The number of nitrogens with zero attached hydrogens (tertiary/aromatic N) is 1. The summed E-state index contributed by atoms with van der Waals surface area (Å²) in [6.07, 6.45) is 0.744. The number of hydrogen-bond donors (Lipinski definition) is 1. The molecule has 2 rings (SSSR count). The number of carbonyl (C=O) groups excluding carboxylic acids is 1. The molecule has 0 radical (unpaired) electrons. The first kappa shape index (κ1) is 20.6. The highest BCUT2D eigenvalue weighted by Crippen LogP contribution is 2.35. The molecule has 0 unspecified atom stereocenters. The summed E-state index contributed by atoms with van der Waals surface area (Å²) in [6, 6.07) is 11.1. The second kappa shape index (κ2) is 8.75. The summed E-state index contributed by atoms with van der Waals surface area (Å²) in [5.74, 6) is -0.418. The van der Waals surface area contributed by atoms with Crippen molar-refractivity contribution in [2.45, 2.75) is 25.2 Å². The van der Waals surface area contributed by atoms with Crippen molar-refractivity contribution in [1.29, 1.82) is 0 Å². The molecule has 0 heterocycles. The highest BCUT2D eigenvalue weighted by atomic mass is 35.5. The number of amides is 1. The van der Waals surface area contributed by atoms with Gasteiger partial charge in [-0.05, 0) is 37.6 Å². The number of aryl methyl sites for hydroxylation is 1. The lowest BCUT2D eigenvalue weighted by molar-refractivity contribution is -0.119. The van der Waals surface area contributed by atoms with Gasteiger partial charge in [-0.1, -0.05) is 53.9 Å². The Labute approximate surface area is 164 Å². The Morgan fingerprint density at radius 1 is 1.12 bits per heavy atom. The van der Waals surface area contributed by atoms with Crippen LogP contribution in [0.4, 0.5) is 5.69 Å². The van der Waals surface area contributed by atoms with Crippen molar-refractivity contribution in [3.05, 3.63) is 58.1 Å². The fourth-order valence-corrected chi connectivity index (χ4v) is 4.15. The fourth-order valence-electron chi connectivity index (χ4n) is 2.27. The van der Waals surface area contributed by atoms with E-state index < -0.39 is 22.5 Å². The van der Waals surface area contributed by atoms with E-state index in [2.05, 4.69) is 5.32 Å². The Bertz CT molecular complexity index is 884. The Balaban J connectivity index is 2.50. The van der Waals surface area contributed by atoms with Gasteiger partial charge in [0.05, 0.1) is 20.6 Å². The highest BCUT2D eigenvalue weighted by Gasteiger charge is 2.29. The van der Waals surface area contributed by atoms with E-state index in [4.69, 9.17) is 23.2 Å². The van der Waals surface area contributed by atoms with Crippen LogP contribution >= 0.6 is 23.2 Å². The van der Waals surface area contributed by atoms with Gasteiger partial charge >= 0.3 is 0 Å². The normalized spacial score (nSPS) is 11.2. The van der Waals surface area contributed by atoms with Crippen LogP contribution in [0.2, 0.25) is 10.0 Å². The second-order valence-electron chi connectivity index (χ2n) is 5.75. The van der Waals surface area contributed by atoms with E-state index in [1.165, 1.54) is 18.2 Å². The first-order valence-electron chi connectivity index (χ1n) is 8.07. The van der Waals surface area contributed by atoms with E-state index in [1.54, 1.807) is 24.3 Å². The number of benzene rings is 2. The molecule has 2 aromatic rings. The minimum Gasteiger partial charge on any atom is -0.355 e. The maximum absolute atomic E-state index is 13.2. The molecule has 0 bridgehead atoms. The molecule has 0 aliphatic rings. The number of sulfonamides is 1. The SMILES string of the molecule is CCCNC(=O)CN(c1cccc(Cl)c1Cl)S(=O)(=O)c1ccc(C)cc1. The van der Waals surface area contributed by atoms with Crippen LogP contribution in [0.5, 0.6) is 0 Å². The third-order valence-electron chi connectivity index (χ3n) is 3.67. The van der Waals surface area contributed by atoms with Gasteiger partial charge in [-0.25, -0.2) is 8.42 Å². The van der Waals surface area contributed by atoms with Crippen LogP contribution in [0.15, 0.2) is 47.4 Å². The Kier molecular flexibility index (Phi) is 6.92. The molecule has 0 aliphatic carbocycles. The zero-order chi connectivity index (χ0) is 19.3. The van der Waals surface area contributed by atoms with Crippen molar-refractivity contribution in [3.8, 4) is 0 Å². The zero-order valence-corrected chi connectivity index (χ0v) is 16.8. The standard InChI is InChI=1S/C18H20Cl2N2O3S/c1-3-11-21-17(23)12-22(16-6-4-5-15(19)18(16)20)26(24,25)14-9-7-13(2)8-10-14/h4-10H,3,11-12H2,1-2H3,(H,21,23). The smallest absolute Gasteiger partial charge is 0.264 e. The number of halogens is 2. The summed E-state index contributed by atoms with van der Waals surface area (Å²) in [4.78, 5) is 12.3. The van der Waals surface area contributed by atoms with Crippen molar-refractivity contribution >= 4 is 44.8 Å². The summed E-state index contributed by atoms with van der Waals surface area (Å²) in [5.41, 5.74) is 1.09. The Hall–Kier alpha value is -1.76. The van der Waals surface area contributed by atoms with Gasteiger partial charge in [-0.3, -0.25) is 9.10 Å². The van der Waals surface area contributed by atoms with Crippen LogP contribution in [0.1, 0.15) is 18.9 Å². The predicted octanol–water partition coefficient (Wildman–Crippen LogP) is 4.02. The van der Waals surface area contributed by atoms with E-state index >= 15 is 0 Å². The third kappa shape index (κ3) is 4.69. The van der Waals surface area contributed by atoms with Crippen LogP contribution in [0.3, 0.4) is 0 Å². The topological polar surface area (TPSA) is 66.5 Å². The molecule has 0 aromatic heterocycles. The number of anilines is 1. The van der Waals surface area contributed by atoms with E-state index in [1.807, 2.05) is 13.8 Å². The molecule has 2 aromatic carbocycles. The average molecular weight is 415 g/mol. The quantitative estimate of drug-likeness (QED) is 0.743. The molecular weight excluding hydrogens is 395 g/mol. The first-order chi connectivity index (χ1) is 12.3. The van der Waals surface area contributed by atoms with Gasteiger partial charge in [0.25, 0.3) is 10.0 Å². The average Bonchev–Trinajstić information content (AvgIpc) is 2.61. The first-order valence-corrected chi connectivity index (χ1v) is 10.3. The third-order valence-corrected chi connectivity index (χ3v) is 6.25. The number of hydrogen-bond acceptors (Lipinski definition) is 3. The van der Waals surface area contributed by atoms with Gasteiger partial charge in [0.15, 0.2) is 0 Å². The molecule has 0 saturated heterocycles. The molecule has 0 aliphatic heterocycles. The van der Waals surface area contributed by atoms with Crippen LogP contribution in [-0.2, 0) is 14.8 Å². The van der Waals surface area contributed by atoms with E-state index in [0.29, 0.717) is 6.54 Å². The number of rotatable bonds is 7. The molecule has 0 fully saturated rings. The van der Waals surface area contributed by atoms with E-state index in [9.17, 15) is 13.2 Å². The molecule has 1 N–H and O–H groups in total. The van der Waals surface area contributed by atoms with Crippen molar-refractivity contribution in [2.75, 3.05) is 17.4 Å². The summed E-state index contributed by atoms with van der Waals surface area (Å²) in [5, 5.41) is 2.97. The second-order valence-corrected chi connectivity index (χ2v) is 8.40. The van der Waals surface area contributed by atoms with Crippen LogP contribution in [0, 0.1) is 6.92 Å². The lowest BCUT2D eigenvalue weighted by atomic mass is 10.2. The van der Waals surface area contributed by atoms with Gasteiger partial charge in [0.1, 0.15) is 6.54 Å². The van der Waals surface area contributed by atoms with Gasteiger partial charge in [-0.2, -0.15) is 0 Å². The van der Waals surface area contributed by atoms with E-state index in [0.717, 1.165) is 16.3 Å².